The molecule has 0 unspecified atom stereocenters. The fourth-order valence-electron chi connectivity index (χ4n) is 3.25. The van der Waals surface area contributed by atoms with E-state index in [9.17, 15) is 19.7 Å². The van der Waals surface area contributed by atoms with Gasteiger partial charge in [0.15, 0.2) is 0 Å². The van der Waals surface area contributed by atoms with E-state index in [-0.39, 0.29) is 11.1 Å². The minimum absolute atomic E-state index is 0.0528. The Morgan fingerprint density at radius 3 is 2.71 bits per heavy atom. The van der Waals surface area contributed by atoms with Crippen LogP contribution in [0.2, 0.25) is 0 Å². The number of hydrogen-bond donors (Lipinski definition) is 2. The van der Waals surface area contributed by atoms with Gasteiger partial charge in [0.05, 0.1) is 10.5 Å². The van der Waals surface area contributed by atoms with Crippen LogP contribution >= 0.6 is 0 Å². The summed E-state index contributed by atoms with van der Waals surface area (Å²) in [4.78, 5) is 33.6. The van der Waals surface area contributed by atoms with E-state index >= 15 is 0 Å². The number of non-ortho nitro benzene ring substituents is 1. The van der Waals surface area contributed by atoms with Crippen molar-refractivity contribution < 1.29 is 19.6 Å². The SMILES string of the molecule is O=C(O)c1cc(C(=O)NCCCc2nnc3n2CCCCC3)cc([N+](=O)[O-])c1. The second kappa shape index (κ2) is 8.59. The molecular weight excluding hydrogens is 366 g/mol. The van der Waals surface area contributed by atoms with E-state index < -0.39 is 22.5 Å². The molecule has 0 saturated carbocycles. The molecular formula is C18H21N5O5. The number of nitrogens with one attached hydrogen (secondary N) is 1. The Bertz CT molecular complexity index is 876. The maximum atomic E-state index is 12.3. The smallest absolute Gasteiger partial charge is 0.335 e. The minimum atomic E-state index is -1.33. The zero-order chi connectivity index (χ0) is 20.1. The molecule has 0 radical (unpaired) electrons. The lowest BCUT2D eigenvalue weighted by Gasteiger charge is -2.08. The first kappa shape index (κ1) is 19.5. The number of carboxylic acid groups (broad SMARTS) is 1. The molecule has 1 aromatic heterocycles. The molecule has 148 valence electrons. The van der Waals surface area contributed by atoms with Gasteiger partial charge in [0.1, 0.15) is 11.6 Å². The van der Waals surface area contributed by atoms with Gasteiger partial charge in [0.2, 0.25) is 0 Å². The molecule has 0 bridgehead atoms. The standard InChI is InChI=1S/C18H21N5O5/c24-17(12-9-13(18(25)26)11-14(10-12)23(27)28)19-7-4-6-16-21-20-15-5-2-1-3-8-22(15)16/h9-11H,1-8H2,(H,19,24)(H,25,26). The number of aromatic carboxylic acids is 1. The Morgan fingerprint density at radius 1 is 1.18 bits per heavy atom. The van der Waals surface area contributed by atoms with E-state index in [1.807, 2.05) is 0 Å². The molecule has 28 heavy (non-hydrogen) atoms. The third-order valence-corrected chi connectivity index (χ3v) is 4.69. The van der Waals surface area contributed by atoms with Crippen LogP contribution in [0, 0.1) is 10.1 Å². The molecule has 2 aromatic rings. The summed E-state index contributed by atoms with van der Waals surface area (Å²) in [5.74, 6) is 0.0283. The highest BCUT2D eigenvalue weighted by Crippen LogP contribution is 2.18. The summed E-state index contributed by atoms with van der Waals surface area (Å²) in [6.45, 7) is 1.25. The van der Waals surface area contributed by atoms with Crippen LogP contribution in [0.3, 0.4) is 0 Å². The van der Waals surface area contributed by atoms with Gasteiger partial charge in [-0.15, -0.1) is 10.2 Å². The van der Waals surface area contributed by atoms with Crippen LogP contribution in [0.5, 0.6) is 0 Å². The Morgan fingerprint density at radius 2 is 1.96 bits per heavy atom. The van der Waals surface area contributed by atoms with Gasteiger partial charge in [0.25, 0.3) is 11.6 Å². The Balaban J connectivity index is 1.58. The fraction of sp³-hybridized carbons (Fsp3) is 0.444. The highest BCUT2D eigenvalue weighted by Gasteiger charge is 2.18. The summed E-state index contributed by atoms with van der Waals surface area (Å²) in [5, 5.41) is 31.2. The molecule has 0 saturated heterocycles. The van der Waals surface area contributed by atoms with Gasteiger partial charge in [-0.3, -0.25) is 14.9 Å². The van der Waals surface area contributed by atoms with Crippen molar-refractivity contribution in [1.29, 1.82) is 0 Å². The second-order valence-corrected chi connectivity index (χ2v) is 6.69. The van der Waals surface area contributed by atoms with E-state index in [0.717, 1.165) is 55.7 Å². The van der Waals surface area contributed by atoms with E-state index in [0.29, 0.717) is 19.4 Å². The largest absolute Gasteiger partial charge is 0.478 e. The van der Waals surface area contributed by atoms with Gasteiger partial charge in [-0.2, -0.15) is 0 Å². The van der Waals surface area contributed by atoms with E-state index in [1.165, 1.54) is 6.42 Å². The van der Waals surface area contributed by atoms with Crippen molar-refractivity contribution in [3.63, 3.8) is 0 Å². The number of fused-ring (bicyclic) bond motifs is 1. The number of hydrogen-bond acceptors (Lipinski definition) is 6. The third kappa shape index (κ3) is 4.51. The maximum absolute atomic E-state index is 12.3. The first-order chi connectivity index (χ1) is 13.5. The molecule has 0 fully saturated rings. The number of nitrogens with zero attached hydrogens (tertiary/aromatic N) is 4. The highest BCUT2D eigenvalue weighted by atomic mass is 16.6. The van der Waals surface area contributed by atoms with Crippen LogP contribution in [-0.4, -0.2) is 43.2 Å². The number of aryl methyl sites for hydroxylation is 2. The van der Waals surface area contributed by atoms with Crippen LogP contribution in [0.4, 0.5) is 5.69 Å². The molecule has 1 aliphatic rings. The summed E-state index contributed by atoms with van der Waals surface area (Å²) in [6, 6.07) is 3.12. The van der Waals surface area contributed by atoms with Gasteiger partial charge >= 0.3 is 5.97 Å². The molecule has 0 atom stereocenters. The van der Waals surface area contributed by atoms with Gasteiger partial charge in [0, 0.05) is 43.6 Å². The van der Waals surface area contributed by atoms with E-state index in [4.69, 9.17) is 5.11 Å². The minimum Gasteiger partial charge on any atom is -0.478 e. The predicted molar refractivity (Wildman–Crippen MR) is 98.3 cm³/mol. The molecule has 2 N–H and O–H groups in total. The lowest BCUT2D eigenvalue weighted by atomic mass is 10.1. The Kier molecular flexibility index (Phi) is 5.97. The average Bonchev–Trinajstić information content (AvgIpc) is 2.90. The molecule has 1 amide bonds. The lowest BCUT2D eigenvalue weighted by molar-refractivity contribution is -0.384. The Hall–Kier alpha value is -3.30. The van der Waals surface area contributed by atoms with Crippen molar-refractivity contribution in [3.05, 3.63) is 51.1 Å². The first-order valence-electron chi connectivity index (χ1n) is 9.17. The third-order valence-electron chi connectivity index (χ3n) is 4.69. The van der Waals surface area contributed by atoms with Gasteiger partial charge in [-0.05, 0) is 25.3 Å². The highest BCUT2D eigenvalue weighted by molar-refractivity contribution is 5.98. The average molecular weight is 387 g/mol. The van der Waals surface area contributed by atoms with Gasteiger partial charge in [-0.1, -0.05) is 6.42 Å². The Labute approximate surface area is 160 Å². The molecule has 10 heteroatoms. The number of amides is 1. The monoisotopic (exact) mass is 387 g/mol. The molecule has 1 aromatic carbocycles. The summed E-state index contributed by atoms with van der Waals surface area (Å²) < 4.78 is 2.15. The summed E-state index contributed by atoms with van der Waals surface area (Å²) in [6.07, 6.45) is 5.62. The van der Waals surface area contributed by atoms with Crippen molar-refractivity contribution in [1.82, 2.24) is 20.1 Å². The molecule has 2 heterocycles. The maximum Gasteiger partial charge on any atom is 0.335 e. The van der Waals surface area contributed by atoms with Crippen molar-refractivity contribution in [2.24, 2.45) is 0 Å². The number of carboxylic acids is 1. The molecule has 3 rings (SSSR count). The van der Waals surface area contributed by atoms with Crippen molar-refractivity contribution in [3.8, 4) is 0 Å². The van der Waals surface area contributed by atoms with E-state index in [1.54, 1.807) is 0 Å². The number of nitro groups is 1. The van der Waals surface area contributed by atoms with Gasteiger partial charge in [-0.25, -0.2) is 4.79 Å². The van der Waals surface area contributed by atoms with Gasteiger partial charge < -0.3 is 15.0 Å². The predicted octanol–water partition coefficient (Wildman–Crippen LogP) is 1.97. The summed E-state index contributed by atoms with van der Waals surface area (Å²) in [5.41, 5.74) is -0.787. The number of rotatable bonds is 7. The number of nitro benzene ring substituents is 1. The number of benzene rings is 1. The van der Waals surface area contributed by atoms with Crippen LogP contribution in [-0.2, 0) is 19.4 Å². The van der Waals surface area contributed by atoms with Crippen LogP contribution in [0.25, 0.3) is 0 Å². The quantitative estimate of drug-likeness (QED) is 0.420. The van der Waals surface area contributed by atoms with Crippen LogP contribution in [0.15, 0.2) is 18.2 Å². The molecule has 0 aliphatic carbocycles. The zero-order valence-corrected chi connectivity index (χ0v) is 15.3. The fourth-order valence-corrected chi connectivity index (χ4v) is 3.25. The normalized spacial score (nSPS) is 13.4. The number of aromatic nitrogens is 3. The summed E-state index contributed by atoms with van der Waals surface area (Å²) in [7, 11) is 0. The van der Waals surface area contributed by atoms with Crippen molar-refractivity contribution >= 4 is 17.6 Å². The van der Waals surface area contributed by atoms with E-state index in [2.05, 4.69) is 20.1 Å². The van der Waals surface area contributed by atoms with Crippen LogP contribution < -0.4 is 5.32 Å². The van der Waals surface area contributed by atoms with Crippen molar-refractivity contribution in [2.75, 3.05) is 6.54 Å². The second-order valence-electron chi connectivity index (χ2n) is 6.69. The summed E-state index contributed by atoms with van der Waals surface area (Å²) >= 11 is 0. The zero-order valence-electron chi connectivity index (χ0n) is 15.3. The molecule has 10 nitrogen and oxygen atoms in total. The lowest BCUT2D eigenvalue weighted by Crippen LogP contribution is -2.25. The molecule has 0 spiro atoms. The van der Waals surface area contributed by atoms with Crippen molar-refractivity contribution in [2.45, 2.75) is 45.1 Å². The topological polar surface area (TPSA) is 140 Å². The first-order valence-corrected chi connectivity index (χ1v) is 9.17. The molecule has 1 aliphatic heterocycles. The van der Waals surface area contributed by atoms with Crippen LogP contribution in [0.1, 0.15) is 58.0 Å². The number of carbonyl (C=O) groups is 2. The number of carbonyl (C=O) groups excluding carboxylic acids is 1.